The van der Waals surface area contributed by atoms with E-state index in [1.165, 1.54) is 23.9 Å². The van der Waals surface area contributed by atoms with Crippen LogP contribution in [-0.4, -0.2) is 24.1 Å². The van der Waals surface area contributed by atoms with E-state index in [0.717, 1.165) is 14.9 Å². The molecule has 132 valence electrons. The van der Waals surface area contributed by atoms with Gasteiger partial charge in [-0.15, -0.1) is 11.8 Å². The second kappa shape index (κ2) is 9.58. The number of carbonyl (C=O) groups is 2. The fourth-order valence-corrected chi connectivity index (χ4v) is 3.35. The van der Waals surface area contributed by atoms with Crippen molar-refractivity contribution in [3.63, 3.8) is 0 Å². The van der Waals surface area contributed by atoms with Gasteiger partial charge in [0.1, 0.15) is 5.82 Å². The smallest absolute Gasteiger partial charge is 0.243 e. The Morgan fingerprint density at radius 2 is 1.84 bits per heavy atom. The molecule has 25 heavy (non-hydrogen) atoms. The molecule has 0 fully saturated rings. The largest absolute Gasteiger partial charge is 0.347 e. The standard InChI is InChI=1S/C18H18BrFN2O2S/c1-12-10-13(19)2-7-16(12)22-18(24)11-21-17(23)8-9-25-15-5-3-14(20)4-6-15/h2-7,10H,8-9,11H2,1H3,(H,21,23)(H,22,24). The summed E-state index contributed by atoms with van der Waals surface area (Å²) in [6.45, 7) is 1.82. The lowest BCUT2D eigenvalue weighted by molar-refractivity contribution is -0.123. The van der Waals surface area contributed by atoms with Crippen LogP contribution < -0.4 is 10.6 Å². The zero-order valence-electron chi connectivity index (χ0n) is 13.6. The number of hydrogen-bond acceptors (Lipinski definition) is 3. The van der Waals surface area contributed by atoms with Crippen LogP contribution in [0.25, 0.3) is 0 Å². The molecule has 0 aliphatic heterocycles. The van der Waals surface area contributed by atoms with Crippen LogP contribution in [-0.2, 0) is 9.59 Å². The molecule has 0 spiro atoms. The van der Waals surface area contributed by atoms with E-state index in [-0.39, 0.29) is 30.6 Å². The Kier molecular flexibility index (Phi) is 7.46. The molecule has 2 amide bonds. The highest BCUT2D eigenvalue weighted by Gasteiger charge is 2.08. The highest BCUT2D eigenvalue weighted by atomic mass is 79.9. The van der Waals surface area contributed by atoms with Crippen molar-refractivity contribution in [2.75, 3.05) is 17.6 Å². The van der Waals surface area contributed by atoms with E-state index in [1.807, 2.05) is 19.1 Å². The van der Waals surface area contributed by atoms with Gasteiger partial charge in [-0.25, -0.2) is 4.39 Å². The summed E-state index contributed by atoms with van der Waals surface area (Å²) < 4.78 is 13.7. The van der Waals surface area contributed by atoms with Gasteiger partial charge in [-0.1, -0.05) is 15.9 Å². The highest BCUT2D eigenvalue weighted by molar-refractivity contribution is 9.10. The Hall–Kier alpha value is -1.86. The van der Waals surface area contributed by atoms with Gasteiger partial charge in [0, 0.05) is 27.2 Å². The predicted molar refractivity (Wildman–Crippen MR) is 102 cm³/mol. The zero-order chi connectivity index (χ0) is 18.2. The van der Waals surface area contributed by atoms with Gasteiger partial charge in [0.25, 0.3) is 0 Å². The number of thioether (sulfide) groups is 1. The molecule has 2 N–H and O–H groups in total. The van der Waals surface area contributed by atoms with Crippen molar-refractivity contribution in [2.45, 2.75) is 18.2 Å². The molecule has 4 nitrogen and oxygen atoms in total. The van der Waals surface area contributed by atoms with Gasteiger partial charge in [0.15, 0.2) is 0 Å². The summed E-state index contributed by atoms with van der Waals surface area (Å²) in [5, 5.41) is 5.36. The molecule has 0 atom stereocenters. The van der Waals surface area contributed by atoms with Crippen molar-refractivity contribution in [3.05, 3.63) is 58.3 Å². The van der Waals surface area contributed by atoms with E-state index < -0.39 is 0 Å². The lowest BCUT2D eigenvalue weighted by atomic mass is 10.2. The molecular weight excluding hydrogens is 407 g/mol. The zero-order valence-corrected chi connectivity index (χ0v) is 16.0. The number of halogens is 2. The Bertz CT molecular complexity index is 753. The summed E-state index contributed by atoms with van der Waals surface area (Å²) in [4.78, 5) is 24.6. The Morgan fingerprint density at radius 1 is 1.12 bits per heavy atom. The Balaban J connectivity index is 1.68. The topological polar surface area (TPSA) is 58.2 Å². The third kappa shape index (κ3) is 6.88. The van der Waals surface area contributed by atoms with Gasteiger partial charge in [0.05, 0.1) is 6.54 Å². The van der Waals surface area contributed by atoms with E-state index >= 15 is 0 Å². The number of nitrogens with one attached hydrogen (secondary N) is 2. The van der Waals surface area contributed by atoms with Gasteiger partial charge < -0.3 is 10.6 Å². The molecule has 0 bridgehead atoms. The summed E-state index contributed by atoms with van der Waals surface area (Å²) in [5.41, 5.74) is 1.65. The van der Waals surface area contributed by atoms with Gasteiger partial charge in [0.2, 0.25) is 11.8 Å². The maximum atomic E-state index is 12.8. The molecule has 0 heterocycles. The SMILES string of the molecule is Cc1cc(Br)ccc1NC(=O)CNC(=O)CCSc1ccc(F)cc1. The monoisotopic (exact) mass is 424 g/mol. The summed E-state index contributed by atoms with van der Waals surface area (Å²) >= 11 is 4.83. The highest BCUT2D eigenvalue weighted by Crippen LogP contribution is 2.20. The third-order valence-corrected chi connectivity index (χ3v) is 4.83. The van der Waals surface area contributed by atoms with Crippen molar-refractivity contribution in [1.82, 2.24) is 5.32 Å². The van der Waals surface area contributed by atoms with E-state index in [2.05, 4.69) is 26.6 Å². The first-order valence-corrected chi connectivity index (χ1v) is 9.43. The average molecular weight is 425 g/mol. The quantitative estimate of drug-likeness (QED) is 0.656. The first-order valence-electron chi connectivity index (χ1n) is 7.65. The second-order valence-electron chi connectivity index (χ2n) is 5.34. The average Bonchev–Trinajstić information content (AvgIpc) is 2.57. The van der Waals surface area contributed by atoms with Crippen LogP contribution in [0.5, 0.6) is 0 Å². The van der Waals surface area contributed by atoms with Crippen molar-refractivity contribution >= 4 is 45.2 Å². The summed E-state index contributed by atoms with van der Waals surface area (Å²) in [7, 11) is 0. The van der Waals surface area contributed by atoms with Crippen LogP contribution in [0.4, 0.5) is 10.1 Å². The van der Waals surface area contributed by atoms with Gasteiger partial charge >= 0.3 is 0 Å². The van der Waals surface area contributed by atoms with Crippen molar-refractivity contribution in [2.24, 2.45) is 0 Å². The van der Waals surface area contributed by atoms with E-state index in [0.29, 0.717) is 11.4 Å². The number of benzene rings is 2. The van der Waals surface area contributed by atoms with Crippen LogP contribution in [0.2, 0.25) is 0 Å². The van der Waals surface area contributed by atoms with Crippen LogP contribution in [0.3, 0.4) is 0 Å². The normalized spacial score (nSPS) is 10.4. The minimum absolute atomic E-state index is 0.0739. The predicted octanol–water partition coefficient (Wildman–Crippen LogP) is 4.13. The molecular formula is C18H18BrFN2O2S. The fraction of sp³-hybridized carbons (Fsp3) is 0.222. The molecule has 0 aromatic heterocycles. The van der Waals surface area contributed by atoms with Crippen LogP contribution in [0, 0.1) is 12.7 Å². The molecule has 2 rings (SSSR count). The molecule has 7 heteroatoms. The lowest BCUT2D eigenvalue weighted by Gasteiger charge is -2.09. The first-order chi connectivity index (χ1) is 11.9. The van der Waals surface area contributed by atoms with E-state index in [4.69, 9.17) is 0 Å². The molecule has 0 saturated carbocycles. The maximum absolute atomic E-state index is 12.8. The summed E-state index contributed by atoms with van der Waals surface area (Å²) in [6.07, 6.45) is 0.284. The molecule has 0 saturated heterocycles. The van der Waals surface area contributed by atoms with Crippen molar-refractivity contribution in [3.8, 4) is 0 Å². The molecule has 0 unspecified atom stereocenters. The van der Waals surface area contributed by atoms with Crippen molar-refractivity contribution in [1.29, 1.82) is 0 Å². The number of rotatable bonds is 7. The molecule has 2 aromatic rings. The Labute approximate surface area is 158 Å². The number of carbonyl (C=O) groups excluding carboxylic acids is 2. The second-order valence-corrected chi connectivity index (χ2v) is 7.42. The van der Waals surface area contributed by atoms with Crippen molar-refractivity contribution < 1.29 is 14.0 Å². The number of hydrogen-bond donors (Lipinski definition) is 2. The van der Waals surface area contributed by atoms with Crippen LogP contribution in [0.15, 0.2) is 51.8 Å². The Morgan fingerprint density at radius 3 is 2.52 bits per heavy atom. The van der Waals surface area contributed by atoms with E-state index in [9.17, 15) is 14.0 Å². The number of aryl methyl sites for hydroxylation is 1. The molecule has 0 radical (unpaired) electrons. The number of anilines is 1. The minimum Gasteiger partial charge on any atom is -0.347 e. The van der Waals surface area contributed by atoms with Gasteiger partial charge in [-0.05, 0) is 55.0 Å². The third-order valence-electron chi connectivity index (χ3n) is 3.32. The van der Waals surface area contributed by atoms with Gasteiger partial charge in [-0.3, -0.25) is 9.59 Å². The maximum Gasteiger partial charge on any atom is 0.243 e. The van der Waals surface area contributed by atoms with Gasteiger partial charge in [-0.2, -0.15) is 0 Å². The first kappa shape index (κ1) is 19.5. The molecule has 0 aliphatic rings. The van der Waals surface area contributed by atoms with Crippen LogP contribution >= 0.6 is 27.7 Å². The minimum atomic E-state index is -0.283. The number of amides is 2. The molecule has 2 aromatic carbocycles. The van der Waals surface area contributed by atoms with E-state index in [1.54, 1.807) is 18.2 Å². The summed E-state index contributed by atoms with van der Waals surface area (Å²) in [5.74, 6) is -0.193. The molecule has 0 aliphatic carbocycles. The summed E-state index contributed by atoms with van der Waals surface area (Å²) in [6, 6.07) is 11.7. The van der Waals surface area contributed by atoms with Crippen LogP contribution in [0.1, 0.15) is 12.0 Å². The lowest BCUT2D eigenvalue weighted by Crippen LogP contribution is -2.33. The fourth-order valence-electron chi connectivity index (χ4n) is 2.02.